The summed E-state index contributed by atoms with van der Waals surface area (Å²) in [6.07, 6.45) is 1.87. The normalized spacial score (nSPS) is 22.3. The second kappa shape index (κ2) is 5.02. The summed E-state index contributed by atoms with van der Waals surface area (Å²) in [7, 11) is 0. The van der Waals surface area contributed by atoms with Gasteiger partial charge in [-0.3, -0.25) is 0 Å². The van der Waals surface area contributed by atoms with Crippen molar-refractivity contribution < 1.29 is 4.74 Å². The lowest BCUT2D eigenvalue weighted by molar-refractivity contribution is -0.0687. The molecule has 1 aromatic carbocycles. The van der Waals surface area contributed by atoms with Gasteiger partial charge < -0.3 is 14.3 Å². The summed E-state index contributed by atoms with van der Waals surface area (Å²) in [5, 5.41) is 1.09. The van der Waals surface area contributed by atoms with Crippen LogP contribution in [-0.4, -0.2) is 21.8 Å². The minimum absolute atomic E-state index is 0.127. The van der Waals surface area contributed by atoms with E-state index in [0.29, 0.717) is 20.9 Å². The lowest BCUT2D eigenvalue weighted by Crippen LogP contribution is -2.35. The van der Waals surface area contributed by atoms with E-state index in [2.05, 4.69) is 23.4 Å². The molecule has 0 aliphatic carbocycles. The zero-order chi connectivity index (χ0) is 14.5. The average Bonchev–Trinajstić information content (AvgIpc) is 2.64. The number of ether oxygens (including phenoxy) is 1. The van der Waals surface area contributed by atoms with E-state index in [1.54, 1.807) is 0 Å². The highest BCUT2D eigenvalue weighted by atomic mass is 35.5. The Morgan fingerprint density at radius 2 is 2.05 bits per heavy atom. The van der Waals surface area contributed by atoms with Crippen molar-refractivity contribution in [2.75, 3.05) is 6.61 Å². The summed E-state index contributed by atoms with van der Waals surface area (Å²) in [5.41, 5.74) is 1.80. The highest BCUT2D eigenvalue weighted by Crippen LogP contribution is 2.36. The van der Waals surface area contributed by atoms with E-state index in [0.717, 1.165) is 30.5 Å². The SMILES string of the molecule is CC1(C)CC(n2c(=S)[nH]c3cc(Cl)c(Cl)cc32)CCO1. The number of nitrogens with one attached hydrogen (secondary N) is 1. The molecule has 3 nitrogen and oxygen atoms in total. The molecule has 1 aromatic heterocycles. The number of H-pyrrole nitrogens is 1. The van der Waals surface area contributed by atoms with Crippen molar-refractivity contribution in [3.63, 3.8) is 0 Å². The molecule has 1 saturated heterocycles. The minimum Gasteiger partial charge on any atom is -0.375 e. The number of aromatic nitrogens is 2. The predicted octanol–water partition coefficient (Wildman–Crippen LogP) is 5.14. The molecule has 2 aromatic rings. The van der Waals surface area contributed by atoms with Crippen LogP contribution in [0.5, 0.6) is 0 Å². The lowest BCUT2D eigenvalue weighted by atomic mass is 9.93. The third-order valence-electron chi connectivity index (χ3n) is 3.79. The molecule has 0 amide bonds. The van der Waals surface area contributed by atoms with Crippen LogP contribution in [0.15, 0.2) is 12.1 Å². The molecule has 1 aliphatic heterocycles. The summed E-state index contributed by atoms with van der Waals surface area (Å²) in [4.78, 5) is 3.21. The first kappa shape index (κ1) is 14.4. The van der Waals surface area contributed by atoms with Gasteiger partial charge in [-0.2, -0.15) is 0 Å². The topological polar surface area (TPSA) is 29.9 Å². The fourth-order valence-electron chi connectivity index (χ4n) is 2.90. The van der Waals surface area contributed by atoms with Gasteiger partial charge >= 0.3 is 0 Å². The Morgan fingerprint density at radius 1 is 1.35 bits per heavy atom. The van der Waals surface area contributed by atoms with Gasteiger partial charge in [-0.25, -0.2) is 0 Å². The molecule has 1 N–H and O–H groups in total. The molecule has 1 unspecified atom stereocenters. The summed E-state index contributed by atoms with van der Waals surface area (Å²) in [5.74, 6) is 0. The number of hydrogen-bond acceptors (Lipinski definition) is 2. The van der Waals surface area contributed by atoms with Crippen LogP contribution >= 0.6 is 35.4 Å². The number of fused-ring (bicyclic) bond motifs is 1. The van der Waals surface area contributed by atoms with Gasteiger partial charge in [0, 0.05) is 12.6 Å². The van der Waals surface area contributed by atoms with Crippen LogP contribution in [0.4, 0.5) is 0 Å². The van der Waals surface area contributed by atoms with Crippen LogP contribution < -0.4 is 0 Å². The molecule has 20 heavy (non-hydrogen) atoms. The molecule has 2 heterocycles. The summed E-state index contributed by atoms with van der Waals surface area (Å²) >= 11 is 17.7. The molecular formula is C14H16Cl2N2OS. The van der Waals surface area contributed by atoms with Crippen LogP contribution in [0.2, 0.25) is 10.0 Å². The quantitative estimate of drug-likeness (QED) is 0.734. The van der Waals surface area contributed by atoms with E-state index in [1.807, 2.05) is 12.1 Å². The Kier molecular flexibility index (Phi) is 3.61. The van der Waals surface area contributed by atoms with Crippen molar-refractivity contribution in [1.29, 1.82) is 0 Å². The minimum atomic E-state index is -0.127. The highest BCUT2D eigenvalue weighted by Gasteiger charge is 2.31. The molecule has 6 heteroatoms. The van der Waals surface area contributed by atoms with Crippen molar-refractivity contribution in [3.8, 4) is 0 Å². The van der Waals surface area contributed by atoms with Crippen LogP contribution in [-0.2, 0) is 4.74 Å². The van der Waals surface area contributed by atoms with Crippen molar-refractivity contribution in [2.24, 2.45) is 0 Å². The maximum Gasteiger partial charge on any atom is 0.178 e. The van der Waals surface area contributed by atoms with E-state index in [-0.39, 0.29) is 5.60 Å². The van der Waals surface area contributed by atoms with Gasteiger partial charge in [0.05, 0.1) is 26.7 Å². The number of aromatic amines is 1. The molecule has 0 bridgehead atoms. The third-order valence-corrected chi connectivity index (χ3v) is 4.82. The van der Waals surface area contributed by atoms with E-state index in [1.165, 1.54) is 0 Å². The Labute approximate surface area is 132 Å². The summed E-state index contributed by atoms with van der Waals surface area (Å²) in [6.45, 7) is 4.97. The Hall–Kier alpha value is -0.550. The number of hydrogen-bond donors (Lipinski definition) is 1. The fourth-order valence-corrected chi connectivity index (χ4v) is 3.58. The smallest absolute Gasteiger partial charge is 0.178 e. The molecule has 0 saturated carbocycles. The van der Waals surface area contributed by atoms with Crippen LogP contribution in [0, 0.1) is 4.77 Å². The number of imidazole rings is 1. The number of halogens is 2. The first-order valence-electron chi connectivity index (χ1n) is 6.61. The van der Waals surface area contributed by atoms with Gasteiger partial charge in [-0.15, -0.1) is 0 Å². The zero-order valence-electron chi connectivity index (χ0n) is 11.4. The Balaban J connectivity index is 2.13. The summed E-state index contributed by atoms with van der Waals surface area (Å²) in [6, 6.07) is 4.03. The van der Waals surface area contributed by atoms with Crippen molar-refractivity contribution >= 4 is 46.5 Å². The third kappa shape index (κ3) is 2.50. The van der Waals surface area contributed by atoms with Crippen molar-refractivity contribution in [1.82, 2.24) is 9.55 Å². The maximum absolute atomic E-state index is 6.15. The van der Waals surface area contributed by atoms with E-state index in [4.69, 9.17) is 40.2 Å². The molecule has 1 fully saturated rings. The largest absolute Gasteiger partial charge is 0.375 e. The van der Waals surface area contributed by atoms with Gasteiger partial charge in [0.25, 0.3) is 0 Å². The van der Waals surface area contributed by atoms with Gasteiger partial charge in [-0.05, 0) is 51.0 Å². The van der Waals surface area contributed by atoms with Gasteiger partial charge in [0.15, 0.2) is 4.77 Å². The van der Waals surface area contributed by atoms with Crippen LogP contribution in [0.3, 0.4) is 0 Å². The monoisotopic (exact) mass is 330 g/mol. The molecular weight excluding hydrogens is 315 g/mol. The Bertz CT molecular complexity index is 720. The van der Waals surface area contributed by atoms with Gasteiger partial charge in [0.1, 0.15) is 0 Å². The first-order valence-corrected chi connectivity index (χ1v) is 7.77. The standard InChI is InChI=1S/C14H16Cl2N2OS/c1-14(2)7-8(3-4-19-14)18-12-6-10(16)9(15)5-11(12)17-13(18)20/h5-6,8H,3-4,7H2,1-2H3,(H,17,20). The highest BCUT2D eigenvalue weighted by molar-refractivity contribution is 7.71. The second-order valence-corrected chi connectivity index (χ2v) is 7.04. The number of nitrogens with zero attached hydrogens (tertiary/aromatic N) is 1. The van der Waals surface area contributed by atoms with E-state index in [9.17, 15) is 0 Å². The first-order chi connectivity index (χ1) is 9.37. The maximum atomic E-state index is 6.15. The van der Waals surface area contributed by atoms with Crippen LogP contribution in [0.25, 0.3) is 11.0 Å². The average molecular weight is 331 g/mol. The van der Waals surface area contributed by atoms with E-state index < -0.39 is 0 Å². The molecule has 1 aliphatic rings. The van der Waals surface area contributed by atoms with Crippen LogP contribution in [0.1, 0.15) is 32.7 Å². The summed E-state index contributed by atoms with van der Waals surface area (Å²) < 4.78 is 8.64. The zero-order valence-corrected chi connectivity index (χ0v) is 13.7. The Morgan fingerprint density at radius 3 is 2.75 bits per heavy atom. The van der Waals surface area contributed by atoms with Gasteiger partial charge in [-0.1, -0.05) is 23.2 Å². The van der Waals surface area contributed by atoms with Crippen molar-refractivity contribution in [2.45, 2.75) is 38.3 Å². The fraction of sp³-hybridized carbons (Fsp3) is 0.500. The number of rotatable bonds is 1. The molecule has 0 radical (unpaired) electrons. The molecule has 108 valence electrons. The second-order valence-electron chi connectivity index (χ2n) is 5.84. The predicted molar refractivity (Wildman–Crippen MR) is 85.4 cm³/mol. The molecule has 0 spiro atoms. The molecule has 3 rings (SSSR count). The lowest BCUT2D eigenvalue weighted by Gasteiger charge is -2.36. The van der Waals surface area contributed by atoms with Gasteiger partial charge in [0.2, 0.25) is 0 Å². The molecule has 1 atom stereocenters. The van der Waals surface area contributed by atoms with E-state index >= 15 is 0 Å². The van der Waals surface area contributed by atoms with Crippen molar-refractivity contribution in [3.05, 3.63) is 26.9 Å². The number of benzene rings is 1.